The van der Waals surface area contributed by atoms with Crippen molar-refractivity contribution >= 4 is 57.4 Å². The van der Waals surface area contributed by atoms with Crippen LogP contribution >= 0.6 is 11.8 Å². The van der Waals surface area contributed by atoms with Gasteiger partial charge in [0, 0.05) is 47.5 Å². The first-order valence-corrected chi connectivity index (χ1v) is 13.1. The van der Waals surface area contributed by atoms with Crippen LogP contribution in [0.4, 0.5) is 10.5 Å². The molecule has 0 bridgehead atoms. The molecule has 0 saturated carbocycles. The maximum Gasteiger partial charge on any atom is 0.294 e. The fourth-order valence-electron chi connectivity index (χ4n) is 4.83. The van der Waals surface area contributed by atoms with Crippen LogP contribution in [-0.2, 0) is 20.9 Å². The van der Waals surface area contributed by atoms with Crippen molar-refractivity contribution in [1.29, 1.82) is 0 Å². The zero-order valence-electron chi connectivity index (χ0n) is 20.3. The summed E-state index contributed by atoms with van der Waals surface area (Å²) in [6, 6.07) is 12.7. The number of hydrogen-bond donors (Lipinski definition) is 1. The Kier molecular flexibility index (Phi) is 6.28. The average Bonchev–Trinajstić information content (AvgIpc) is 3.70. The van der Waals surface area contributed by atoms with Crippen molar-refractivity contribution in [3.63, 3.8) is 0 Å². The van der Waals surface area contributed by atoms with E-state index in [-0.39, 0.29) is 36.6 Å². The zero-order valence-corrected chi connectivity index (χ0v) is 21.2. The van der Waals surface area contributed by atoms with Crippen LogP contribution in [0.5, 0.6) is 11.5 Å². The molecule has 6 rings (SSSR count). The van der Waals surface area contributed by atoms with Gasteiger partial charge in [0.2, 0.25) is 18.6 Å². The Bertz CT molecular complexity index is 1510. The lowest BCUT2D eigenvalue weighted by Crippen LogP contribution is -2.40. The number of hydrogen-bond acceptors (Lipinski definition) is 7. The quantitative estimate of drug-likeness (QED) is 0.483. The summed E-state index contributed by atoms with van der Waals surface area (Å²) in [6.07, 6.45) is 5.31. The van der Waals surface area contributed by atoms with Gasteiger partial charge in [0.15, 0.2) is 11.5 Å². The Morgan fingerprint density at radius 2 is 1.79 bits per heavy atom. The molecule has 4 amide bonds. The van der Waals surface area contributed by atoms with E-state index in [1.165, 1.54) is 0 Å². The van der Waals surface area contributed by atoms with E-state index in [4.69, 9.17) is 9.47 Å². The molecule has 0 aliphatic carbocycles. The number of fused-ring (bicyclic) bond motifs is 2. The largest absolute Gasteiger partial charge is 0.454 e. The van der Waals surface area contributed by atoms with Crippen molar-refractivity contribution < 1.29 is 28.7 Å². The van der Waals surface area contributed by atoms with Crippen molar-refractivity contribution in [2.24, 2.45) is 0 Å². The molecule has 1 N–H and O–H groups in total. The summed E-state index contributed by atoms with van der Waals surface area (Å²) in [5.74, 6) is 0.277. The summed E-state index contributed by atoms with van der Waals surface area (Å²) >= 11 is 0.822. The van der Waals surface area contributed by atoms with Crippen molar-refractivity contribution in [2.75, 3.05) is 31.7 Å². The number of para-hydroxylation sites is 1. The van der Waals surface area contributed by atoms with Gasteiger partial charge in [0.1, 0.15) is 13.1 Å². The van der Waals surface area contributed by atoms with Crippen molar-refractivity contribution in [2.45, 2.75) is 19.4 Å². The Balaban J connectivity index is 1.20. The molecule has 1 aromatic heterocycles. The van der Waals surface area contributed by atoms with Gasteiger partial charge in [-0.15, -0.1) is 0 Å². The first kappa shape index (κ1) is 24.1. The molecule has 3 aromatic rings. The molecule has 0 radical (unpaired) electrons. The second-order valence-electron chi connectivity index (χ2n) is 9.20. The van der Waals surface area contributed by atoms with E-state index in [0.29, 0.717) is 35.8 Å². The van der Waals surface area contributed by atoms with E-state index >= 15 is 0 Å². The Hall–Kier alpha value is -4.25. The van der Waals surface area contributed by atoms with E-state index in [9.17, 15) is 19.2 Å². The highest BCUT2D eigenvalue weighted by molar-refractivity contribution is 8.18. The number of likely N-dealkylation sites (tertiary alicyclic amines) is 1. The van der Waals surface area contributed by atoms with Gasteiger partial charge in [-0.05, 0) is 48.9 Å². The third kappa shape index (κ3) is 4.60. The van der Waals surface area contributed by atoms with Crippen molar-refractivity contribution in [3.05, 3.63) is 59.1 Å². The first-order chi connectivity index (χ1) is 18.5. The van der Waals surface area contributed by atoms with Crippen LogP contribution in [0.15, 0.2) is 53.6 Å². The highest BCUT2D eigenvalue weighted by Gasteiger charge is 2.37. The lowest BCUT2D eigenvalue weighted by Gasteiger charge is -2.18. The molecule has 3 aliphatic heterocycles. The molecular formula is C27H24N4O6S. The number of anilines is 1. The molecule has 2 aromatic carbocycles. The molecule has 10 nitrogen and oxygen atoms in total. The van der Waals surface area contributed by atoms with Gasteiger partial charge in [0.05, 0.1) is 4.91 Å². The first-order valence-electron chi connectivity index (χ1n) is 12.3. The molecule has 4 heterocycles. The number of nitrogens with zero attached hydrogens (tertiary/aromatic N) is 3. The van der Waals surface area contributed by atoms with E-state index < -0.39 is 11.1 Å². The summed E-state index contributed by atoms with van der Waals surface area (Å²) in [5.41, 5.74) is 2.10. The van der Waals surface area contributed by atoms with Crippen molar-refractivity contribution in [3.8, 4) is 11.5 Å². The van der Waals surface area contributed by atoms with Crippen LogP contribution < -0.4 is 14.8 Å². The monoisotopic (exact) mass is 532 g/mol. The fourth-order valence-corrected chi connectivity index (χ4v) is 5.66. The molecular weight excluding hydrogens is 508 g/mol. The number of ether oxygens (including phenoxy) is 2. The van der Waals surface area contributed by atoms with Gasteiger partial charge in [-0.2, -0.15) is 0 Å². The summed E-state index contributed by atoms with van der Waals surface area (Å²) in [5, 5.41) is 3.25. The molecule has 0 unspecified atom stereocenters. The Labute approximate surface area is 222 Å². The average molecular weight is 533 g/mol. The molecule has 3 aliphatic rings. The molecule has 2 fully saturated rings. The number of thioether (sulfide) groups is 1. The van der Waals surface area contributed by atoms with E-state index in [0.717, 1.165) is 40.4 Å². The van der Waals surface area contributed by atoms with E-state index in [1.807, 2.05) is 24.3 Å². The number of rotatable bonds is 6. The number of benzene rings is 2. The van der Waals surface area contributed by atoms with E-state index in [1.54, 1.807) is 39.9 Å². The number of nitrogens with one attached hydrogen (secondary N) is 1. The molecule has 0 spiro atoms. The number of imide groups is 1. The second kappa shape index (κ2) is 9.90. The van der Waals surface area contributed by atoms with Crippen LogP contribution in [0.3, 0.4) is 0 Å². The summed E-state index contributed by atoms with van der Waals surface area (Å²) in [6.45, 7) is 1.26. The molecule has 11 heteroatoms. The zero-order chi connectivity index (χ0) is 26.2. The van der Waals surface area contributed by atoms with Gasteiger partial charge >= 0.3 is 0 Å². The minimum absolute atomic E-state index is 0.0363. The number of carbonyl (C=O) groups is 4. The van der Waals surface area contributed by atoms with Crippen molar-refractivity contribution in [1.82, 2.24) is 14.4 Å². The van der Waals surface area contributed by atoms with Gasteiger partial charge in [0.25, 0.3) is 11.1 Å². The highest BCUT2D eigenvalue weighted by atomic mass is 32.2. The van der Waals surface area contributed by atoms with Gasteiger partial charge < -0.3 is 24.3 Å². The minimum Gasteiger partial charge on any atom is -0.454 e. The maximum absolute atomic E-state index is 13.0. The number of carbonyl (C=O) groups excluding carboxylic acids is 4. The third-order valence-electron chi connectivity index (χ3n) is 6.70. The van der Waals surface area contributed by atoms with E-state index in [2.05, 4.69) is 5.32 Å². The summed E-state index contributed by atoms with van der Waals surface area (Å²) in [4.78, 5) is 53.9. The van der Waals surface area contributed by atoms with Crippen LogP contribution in [-0.4, -0.2) is 63.8 Å². The van der Waals surface area contributed by atoms with Crippen LogP contribution in [0.2, 0.25) is 0 Å². The third-order valence-corrected chi connectivity index (χ3v) is 7.61. The Morgan fingerprint density at radius 1 is 1.00 bits per heavy atom. The normalized spacial score (nSPS) is 17.7. The molecule has 2 saturated heterocycles. The predicted molar refractivity (Wildman–Crippen MR) is 142 cm³/mol. The summed E-state index contributed by atoms with van der Waals surface area (Å²) in [7, 11) is 0. The van der Waals surface area contributed by atoms with Gasteiger partial charge in [-0.25, -0.2) is 0 Å². The predicted octanol–water partition coefficient (Wildman–Crippen LogP) is 3.67. The molecule has 194 valence electrons. The number of aromatic nitrogens is 1. The minimum atomic E-state index is -0.482. The summed E-state index contributed by atoms with van der Waals surface area (Å²) < 4.78 is 12.5. The SMILES string of the molecule is O=C(Cn1cc(C=C2SC(=O)N(CC(=O)N3CCCC3)C2=O)c2ccccc21)Nc1ccc2c(c1)OCO2. The van der Waals surface area contributed by atoms with Crippen LogP contribution in [0, 0.1) is 0 Å². The second-order valence-corrected chi connectivity index (χ2v) is 10.2. The maximum atomic E-state index is 13.0. The smallest absolute Gasteiger partial charge is 0.294 e. The molecule has 0 atom stereocenters. The highest BCUT2D eigenvalue weighted by Crippen LogP contribution is 2.35. The lowest BCUT2D eigenvalue weighted by atomic mass is 10.1. The molecule has 38 heavy (non-hydrogen) atoms. The van der Waals surface area contributed by atoms with Gasteiger partial charge in [-0.1, -0.05) is 18.2 Å². The Morgan fingerprint density at radius 3 is 2.63 bits per heavy atom. The topological polar surface area (TPSA) is 110 Å². The fraction of sp³-hybridized carbons (Fsp3) is 0.259. The van der Waals surface area contributed by atoms with Crippen LogP contribution in [0.25, 0.3) is 17.0 Å². The van der Waals surface area contributed by atoms with Crippen LogP contribution in [0.1, 0.15) is 18.4 Å². The van der Waals surface area contributed by atoms with Gasteiger partial charge in [-0.3, -0.25) is 24.1 Å². The lowest BCUT2D eigenvalue weighted by molar-refractivity contribution is -0.135. The standard InChI is InChI=1S/C27H24N4O6S/c32-24(28-18-7-8-21-22(12-18)37-16-36-21)14-30-13-17(19-5-1-2-6-20(19)30)11-23-26(34)31(27(35)38-23)15-25(33)29-9-3-4-10-29/h1-2,5-8,11-13H,3-4,9-10,14-16H2,(H,28,32). The number of amides is 4.